The maximum atomic E-state index is 7.32. The third kappa shape index (κ3) is 48700. The highest BCUT2D eigenvalue weighted by molar-refractivity contribution is 4.88. The first-order valence-corrected chi connectivity index (χ1v) is 1.87. The van der Waals surface area contributed by atoms with Crippen LogP contribution in [0.1, 0.15) is 6.92 Å². The number of hydrogen-bond acceptors (Lipinski definition) is 1. The van der Waals surface area contributed by atoms with Gasteiger partial charge in [0.05, 0.1) is 6.07 Å². The van der Waals surface area contributed by atoms with Crippen molar-refractivity contribution in [3.8, 4) is 6.07 Å². The van der Waals surface area contributed by atoms with Crippen molar-refractivity contribution in [1.82, 2.24) is 0 Å². The minimum Gasteiger partial charge on any atom is -0.199 e. The SMILES string of the molecule is C=CC=C.CC#N. The lowest BCUT2D eigenvalue weighted by molar-refractivity contribution is 1.49. The summed E-state index contributed by atoms with van der Waals surface area (Å²) >= 11 is 0. The molecule has 1 nitrogen and oxygen atoms in total. The van der Waals surface area contributed by atoms with Crippen LogP contribution < -0.4 is 0 Å². The number of nitriles is 1. The maximum Gasteiger partial charge on any atom is 0.0587 e. The van der Waals surface area contributed by atoms with E-state index in [2.05, 4.69) is 13.2 Å². The molecule has 0 fully saturated rings. The third-order valence-corrected chi connectivity index (χ3v) is 0.167. The van der Waals surface area contributed by atoms with E-state index < -0.39 is 0 Å². The minimum absolute atomic E-state index is 1.43. The van der Waals surface area contributed by atoms with Crippen LogP contribution in [-0.4, -0.2) is 0 Å². The lowest BCUT2D eigenvalue weighted by Crippen LogP contribution is -1.21. The van der Waals surface area contributed by atoms with Gasteiger partial charge in [-0.15, -0.1) is 0 Å². The summed E-state index contributed by atoms with van der Waals surface area (Å²) in [4.78, 5) is 0. The monoisotopic (exact) mass is 95.1 g/mol. The molecule has 0 saturated heterocycles. The van der Waals surface area contributed by atoms with Crippen molar-refractivity contribution in [2.75, 3.05) is 0 Å². The van der Waals surface area contributed by atoms with E-state index in [4.69, 9.17) is 5.26 Å². The highest BCUT2D eigenvalue weighted by Crippen LogP contribution is 1.52. The zero-order valence-electron chi connectivity index (χ0n) is 4.52. The van der Waals surface area contributed by atoms with E-state index in [1.165, 1.54) is 6.92 Å². The number of hydrogen-bond donors (Lipinski definition) is 0. The average molecular weight is 95.1 g/mol. The van der Waals surface area contributed by atoms with E-state index in [1.54, 1.807) is 18.2 Å². The molecule has 38 valence electrons. The molecule has 0 aliphatic carbocycles. The van der Waals surface area contributed by atoms with Gasteiger partial charge in [-0.1, -0.05) is 25.3 Å². The van der Waals surface area contributed by atoms with Crippen LogP contribution in [0.4, 0.5) is 0 Å². The van der Waals surface area contributed by atoms with Crippen LogP contribution >= 0.6 is 0 Å². The summed E-state index contributed by atoms with van der Waals surface area (Å²) in [5.74, 6) is 0. The van der Waals surface area contributed by atoms with Crippen molar-refractivity contribution < 1.29 is 0 Å². The van der Waals surface area contributed by atoms with Crippen LogP contribution in [0.2, 0.25) is 0 Å². The van der Waals surface area contributed by atoms with E-state index in [0.29, 0.717) is 0 Å². The maximum absolute atomic E-state index is 7.32. The summed E-state index contributed by atoms with van der Waals surface area (Å²) in [6.07, 6.45) is 3.28. The number of rotatable bonds is 1. The molecular weight excluding hydrogens is 86.1 g/mol. The molecule has 0 spiro atoms. The van der Waals surface area contributed by atoms with Gasteiger partial charge in [0.1, 0.15) is 0 Å². The molecule has 1 heteroatoms. The van der Waals surface area contributed by atoms with Crippen LogP contribution in [0.3, 0.4) is 0 Å². The Morgan fingerprint density at radius 1 is 1.43 bits per heavy atom. The highest BCUT2D eigenvalue weighted by atomic mass is 14.2. The molecule has 0 aliphatic heterocycles. The van der Waals surface area contributed by atoms with Gasteiger partial charge in [-0.3, -0.25) is 0 Å². The predicted molar refractivity (Wildman–Crippen MR) is 31.7 cm³/mol. The first kappa shape index (κ1) is 9.36. The third-order valence-electron chi connectivity index (χ3n) is 0.167. The standard InChI is InChI=1S/C4H6.C2H3N/c1-3-4-2;1-2-3/h3-4H,1-2H2;1H3. The number of allylic oxidation sites excluding steroid dienone is 2. The largest absolute Gasteiger partial charge is 0.199 e. The van der Waals surface area contributed by atoms with E-state index in [-0.39, 0.29) is 0 Å². The van der Waals surface area contributed by atoms with Crippen LogP contribution in [-0.2, 0) is 0 Å². The Kier molecular flexibility index (Phi) is 27.0. The van der Waals surface area contributed by atoms with Crippen LogP contribution in [0.15, 0.2) is 25.3 Å². The second-order valence-electron chi connectivity index (χ2n) is 0.695. The molecule has 0 saturated carbocycles. The zero-order chi connectivity index (χ0) is 6.12. The fourth-order valence-corrected chi connectivity index (χ4v) is 0. The molecule has 0 amide bonds. The minimum atomic E-state index is 1.43. The topological polar surface area (TPSA) is 23.8 Å². The van der Waals surface area contributed by atoms with Gasteiger partial charge in [0.25, 0.3) is 0 Å². The molecule has 0 radical (unpaired) electrons. The molecule has 0 atom stereocenters. The lowest BCUT2D eigenvalue weighted by Gasteiger charge is -1.44. The quantitative estimate of drug-likeness (QED) is 0.456. The van der Waals surface area contributed by atoms with E-state index in [0.717, 1.165) is 0 Å². The van der Waals surface area contributed by atoms with Gasteiger partial charge in [-0.2, -0.15) is 5.26 Å². The summed E-state index contributed by atoms with van der Waals surface area (Å²) in [5.41, 5.74) is 0. The Morgan fingerprint density at radius 3 is 1.57 bits per heavy atom. The molecular formula is C6H9N. The molecule has 0 heterocycles. The lowest BCUT2D eigenvalue weighted by atomic mass is 10.6. The van der Waals surface area contributed by atoms with Gasteiger partial charge in [0, 0.05) is 6.92 Å². The van der Waals surface area contributed by atoms with Crippen LogP contribution in [0.25, 0.3) is 0 Å². The molecule has 0 rings (SSSR count). The summed E-state index contributed by atoms with van der Waals surface area (Å²) in [6.45, 7) is 8.15. The fourth-order valence-electron chi connectivity index (χ4n) is 0. The normalized spacial score (nSPS) is 4.00. The predicted octanol–water partition coefficient (Wildman–Crippen LogP) is 1.89. The summed E-state index contributed by atoms with van der Waals surface area (Å²) in [6, 6.07) is 1.75. The molecule has 7 heavy (non-hydrogen) atoms. The van der Waals surface area contributed by atoms with Crippen LogP contribution in [0, 0.1) is 11.3 Å². The van der Waals surface area contributed by atoms with E-state index in [9.17, 15) is 0 Å². The molecule has 0 N–H and O–H groups in total. The molecule has 0 unspecified atom stereocenters. The Labute approximate surface area is 44.6 Å². The molecule has 0 aromatic rings. The van der Waals surface area contributed by atoms with Gasteiger partial charge in [-0.05, 0) is 0 Å². The van der Waals surface area contributed by atoms with Gasteiger partial charge in [0.15, 0.2) is 0 Å². The van der Waals surface area contributed by atoms with Gasteiger partial charge < -0.3 is 0 Å². The van der Waals surface area contributed by atoms with Crippen molar-refractivity contribution in [3.05, 3.63) is 25.3 Å². The van der Waals surface area contributed by atoms with Crippen molar-refractivity contribution in [3.63, 3.8) is 0 Å². The molecule has 0 aliphatic rings. The Morgan fingerprint density at radius 2 is 1.57 bits per heavy atom. The second-order valence-corrected chi connectivity index (χ2v) is 0.695. The van der Waals surface area contributed by atoms with Crippen molar-refractivity contribution in [1.29, 1.82) is 5.26 Å². The average Bonchev–Trinajstić information content (AvgIpc) is 1.69. The van der Waals surface area contributed by atoms with Crippen molar-refractivity contribution >= 4 is 0 Å². The Balaban J connectivity index is 0. The first-order chi connectivity index (χ1) is 3.33. The molecule has 0 aromatic carbocycles. The van der Waals surface area contributed by atoms with Crippen molar-refractivity contribution in [2.24, 2.45) is 0 Å². The zero-order valence-corrected chi connectivity index (χ0v) is 4.52. The highest BCUT2D eigenvalue weighted by Gasteiger charge is 1.29. The number of nitrogens with zero attached hydrogens (tertiary/aromatic N) is 1. The van der Waals surface area contributed by atoms with Crippen LogP contribution in [0.5, 0.6) is 0 Å². The summed E-state index contributed by atoms with van der Waals surface area (Å²) in [7, 11) is 0. The second kappa shape index (κ2) is 20.2. The summed E-state index contributed by atoms with van der Waals surface area (Å²) in [5, 5.41) is 7.32. The molecule has 0 aromatic heterocycles. The summed E-state index contributed by atoms with van der Waals surface area (Å²) < 4.78 is 0. The smallest absolute Gasteiger partial charge is 0.0587 e. The van der Waals surface area contributed by atoms with E-state index >= 15 is 0 Å². The van der Waals surface area contributed by atoms with E-state index in [1.807, 2.05) is 0 Å². The first-order valence-electron chi connectivity index (χ1n) is 1.87. The Hall–Kier alpha value is -1.03. The van der Waals surface area contributed by atoms with Gasteiger partial charge in [-0.25, -0.2) is 0 Å². The van der Waals surface area contributed by atoms with Gasteiger partial charge in [0.2, 0.25) is 0 Å². The van der Waals surface area contributed by atoms with Crippen molar-refractivity contribution in [2.45, 2.75) is 6.92 Å². The van der Waals surface area contributed by atoms with Gasteiger partial charge >= 0.3 is 0 Å². The molecule has 0 bridgehead atoms. The fraction of sp³-hybridized carbons (Fsp3) is 0.167. The Bertz CT molecular complexity index is 70.7.